The Bertz CT molecular complexity index is 411. The molecule has 1 aliphatic rings. The van der Waals surface area contributed by atoms with Crippen LogP contribution >= 0.6 is 24.0 Å². The van der Waals surface area contributed by atoms with Crippen LogP contribution in [0.15, 0.2) is 4.99 Å². The molecule has 134 valence electrons. The molecule has 0 aliphatic carbocycles. The number of guanidine groups is 1. The largest absolute Gasteiger partial charge is 0.377 e. The van der Waals surface area contributed by atoms with E-state index in [9.17, 15) is 9.59 Å². The fourth-order valence-electron chi connectivity index (χ4n) is 2.01. The summed E-state index contributed by atoms with van der Waals surface area (Å²) >= 11 is 0. The number of hydrogen-bond acceptors (Lipinski definition) is 4. The lowest BCUT2D eigenvalue weighted by Crippen LogP contribution is -2.46. The summed E-state index contributed by atoms with van der Waals surface area (Å²) in [5.41, 5.74) is -0.332. The molecular weight excluding hydrogens is 411 g/mol. The Morgan fingerprint density at radius 3 is 2.39 bits per heavy atom. The normalized spacial score (nSPS) is 16.2. The molecule has 0 bridgehead atoms. The predicted octanol–water partition coefficient (Wildman–Crippen LogP) is 1.12. The van der Waals surface area contributed by atoms with Crippen LogP contribution in [0.25, 0.3) is 0 Å². The number of carbonyl (C=O) groups is 2. The molecule has 0 unspecified atom stereocenters. The number of hydrogen-bond donors (Lipinski definition) is 2. The molecule has 1 saturated heterocycles. The van der Waals surface area contributed by atoms with Gasteiger partial charge >= 0.3 is 0 Å². The molecule has 0 radical (unpaired) electrons. The van der Waals surface area contributed by atoms with E-state index in [0.29, 0.717) is 44.9 Å². The highest BCUT2D eigenvalue weighted by molar-refractivity contribution is 14.0. The molecule has 0 aromatic carbocycles. The second-order valence-corrected chi connectivity index (χ2v) is 5.88. The summed E-state index contributed by atoms with van der Waals surface area (Å²) in [5.74, 6) is 0.491. The first kappa shape index (κ1) is 22.1. The van der Waals surface area contributed by atoms with Crippen molar-refractivity contribution in [1.82, 2.24) is 15.5 Å². The van der Waals surface area contributed by atoms with Crippen molar-refractivity contribution in [2.75, 3.05) is 33.3 Å². The summed E-state index contributed by atoms with van der Waals surface area (Å²) in [6.45, 7) is 8.01. The van der Waals surface area contributed by atoms with Crippen LogP contribution in [0.2, 0.25) is 0 Å². The van der Waals surface area contributed by atoms with E-state index in [1.807, 2.05) is 20.8 Å². The van der Waals surface area contributed by atoms with Crippen LogP contribution in [-0.4, -0.2) is 61.6 Å². The minimum Gasteiger partial charge on any atom is -0.377 e. The van der Waals surface area contributed by atoms with E-state index in [1.54, 1.807) is 7.11 Å². The van der Waals surface area contributed by atoms with Gasteiger partial charge in [-0.2, -0.15) is 0 Å². The molecule has 2 N–H and O–H groups in total. The average Bonchev–Trinajstić information content (AvgIpc) is 2.48. The zero-order chi connectivity index (χ0) is 16.6. The summed E-state index contributed by atoms with van der Waals surface area (Å²) in [6, 6.07) is 0. The maximum absolute atomic E-state index is 11.7. The van der Waals surface area contributed by atoms with E-state index in [-0.39, 0.29) is 41.4 Å². The van der Waals surface area contributed by atoms with Gasteiger partial charge in [0.25, 0.3) is 0 Å². The van der Waals surface area contributed by atoms with Gasteiger partial charge in [0.15, 0.2) is 5.96 Å². The van der Waals surface area contributed by atoms with Crippen molar-refractivity contribution in [2.24, 2.45) is 4.99 Å². The SMILES string of the molecule is CCNC(=NCC(C)(C)OC)NCCN1C(=O)CCCC1=O.I. The minimum absolute atomic E-state index is 0. The lowest BCUT2D eigenvalue weighted by molar-refractivity contribution is -0.147. The fraction of sp³-hybridized carbons (Fsp3) is 0.800. The van der Waals surface area contributed by atoms with Crippen LogP contribution in [0.5, 0.6) is 0 Å². The Morgan fingerprint density at radius 1 is 1.26 bits per heavy atom. The number of nitrogens with zero attached hydrogens (tertiary/aromatic N) is 2. The molecule has 1 rings (SSSR count). The topological polar surface area (TPSA) is 83.0 Å². The van der Waals surface area contributed by atoms with Gasteiger partial charge in [0.05, 0.1) is 12.1 Å². The molecule has 8 heteroatoms. The third-order valence-corrected chi connectivity index (χ3v) is 3.53. The molecule has 0 atom stereocenters. The maximum Gasteiger partial charge on any atom is 0.229 e. The minimum atomic E-state index is -0.332. The molecule has 0 saturated carbocycles. The van der Waals surface area contributed by atoms with Crippen LogP contribution < -0.4 is 10.6 Å². The molecule has 1 fully saturated rings. The Hall–Kier alpha value is -0.900. The highest BCUT2D eigenvalue weighted by Crippen LogP contribution is 2.11. The fourth-order valence-corrected chi connectivity index (χ4v) is 2.01. The number of amides is 2. The van der Waals surface area contributed by atoms with Crippen molar-refractivity contribution in [3.05, 3.63) is 0 Å². The van der Waals surface area contributed by atoms with Gasteiger partial charge < -0.3 is 15.4 Å². The lowest BCUT2D eigenvalue weighted by atomic mass is 10.1. The monoisotopic (exact) mass is 440 g/mol. The molecular formula is C15H29IN4O3. The third kappa shape index (κ3) is 7.96. The van der Waals surface area contributed by atoms with Crippen molar-refractivity contribution >= 4 is 41.8 Å². The van der Waals surface area contributed by atoms with E-state index < -0.39 is 0 Å². The molecule has 0 aromatic rings. The molecule has 1 aliphatic heterocycles. The van der Waals surface area contributed by atoms with Gasteiger partial charge in [-0.1, -0.05) is 0 Å². The van der Waals surface area contributed by atoms with Crippen molar-refractivity contribution in [3.63, 3.8) is 0 Å². The van der Waals surface area contributed by atoms with E-state index in [4.69, 9.17) is 4.74 Å². The Balaban J connectivity index is 0.00000484. The van der Waals surface area contributed by atoms with Gasteiger partial charge in [-0.25, -0.2) is 0 Å². The van der Waals surface area contributed by atoms with Crippen molar-refractivity contribution in [2.45, 2.75) is 45.6 Å². The Labute approximate surface area is 155 Å². The van der Waals surface area contributed by atoms with Gasteiger partial charge in [-0.3, -0.25) is 19.5 Å². The van der Waals surface area contributed by atoms with Gasteiger partial charge in [-0.05, 0) is 27.2 Å². The van der Waals surface area contributed by atoms with E-state index in [0.717, 1.165) is 6.54 Å². The number of likely N-dealkylation sites (tertiary alicyclic amines) is 1. The first-order valence-electron chi connectivity index (χ1n) is 7.80. The number of aliphatic imine (C=N–C) groups is 1. The third-order valence-electron chi connectivity index (χ3n) is 3.53. The number of methoxy groups -OCH3 is 1. The van der Waals surface area contributed by atoms with Crippen LogP contribution in [-0.2, 0) is 14.3 Å². The lowest BCUT2D eigenvalue weighted by Gasteiger charge is -2.25. The molecule has 2 amide bonds. The van der Waals surface area contributed by atoms with E-state index in [2.05, 4.69) is 15.6 Å². The van der Waals surface area contributed by atoms with Crippen LogP contribution in [0, 0.1) is 0 Å². The number of rotatable bonds is 7. The second-order valence-electron chi connectivity index (χ2n) is 5.88. The van der Waals surface area contributed by atoms with Crippen LogP contribution in [0.4, 0.5) is 0 Å². The van der Waals surface area contributed by atoms with Crippen LogP contribution in [0.1, 0.15) is 40.0 Å². The summed E-state index contributed by atoms with van der Waals surface area (Å²) in [4.78, 5) is 29.2. The maximum atomic E-state index is 11.7. The van der Waals surface area contributed by atoms with E-state index >= 15 is 0 Å². The average molecular weight is 440 g/mol. The highest BCUT2D eigenvalue weighted by atomic mass is 127. The van der Waals surface area contributed by atoms with Gasteiger partial charge in [-0.15, -0.1) is 24.0 Å². The standard InChI is InChI=1S/C15H28N4O3.HI/c1-5-16-14(18-11-15(2,3)22-4)17-9-10-19-12(20)7-6-8-13(19)21;/h5-11H2,1-4H3,(H2,16,17,18);1H. The zero-order valence-electron chi connectivity index (χ0n) is 14.5. The number of ether oxygens (including phenoxy) is 1. The Morgan fingerprint density at radius 2 is 1.87 bits per heavy atom. The summed E-state index contributed by atoms with van der Waals surface area (Å²) < 4.78 is 5.33. The quantitative estimate of drug-likeness (QED) is 0.269. The number of halogens is 1. The number of carbonyl (C=O) groups excluding carboxylic acids is 2. The molecule has 7 nitrogen and oxygen atoms in total. The van der Waals surface area contributed by atoms with Gasteiger partial charge in [0.1, 0.15) is 0 Å². The first-order chi connectivity index (χ1) is 10.4. The predicted molar refractivity (Wildman–Crippen MR) is 101 cm³/mol. The van der Waals surface area contributed by atoms with Crippen LogP contribution in [0.3, 0.4) is 0 Å². The van der Waals surface area contributed by atoms with Gasteiger partial charge in [0, 0.05) is 39.6 Å². The first-order valence-corrected chi connectivity index (χ1v) is 7.80. The van der Waals surface area contributed by atoms with Crippen molar-refractivity contribution in [3.8, 4) is 0 Å². The second kappa shape index (κ2) is 10.8. The van der Waals surface area contributed by atoms with Crippen molar-refractivity contribution < 1.29 is 14.3 Å². The molecule has 0 aromatic heterocycles. The number of piperidine rings is 1. The number of nitrogens with one attached hydrogen (secondary N) is 2. The Kier molecular flexibility index (Phi) is 10.4. The summed E-state index contributed by atoms with van der Waals surface area (Å²) in [7, 11) is 1.66. The number of imide groups is 1. The summed E-state index contributed by atoms with van der Waals surface area (Å²) in [5, 5.41) is 6.28. The molecule has 23 heavy (non-hydrogen) atoms. The molecule has 0 spiro atoms. The van der Waals surface area contributed by atoms with E-state index in [1.165, 1.54) is 4.90 Å². The van der Waals surface area contributed by atoms with Crippen molar-refractivity contribution in [1.29, 1.82) is 0 Å². The molecule has 1 heterocycles. The zero-order valence-corrected chi connectivity index (χ0v) is 16.8. The smallest absolute Gasteiger partial charge is 0.229 e. The highest BCUT2D eigenvalue weighted by Gasteiger charge is 2.25. The summed E-state index contributed by atoms with van der Waals surface area (Å²) in [6.07, 6.45) is 1.58. The van der Waals surface area contributed by atoms with Gasteiger partial charge in [0.2, 0.25) is 11.8 Å².